The van der Waals surface area contributed by atoms with Crippen LogP contribution in [0, 0.1) is 6.92 Å². The molecule has 0 spiro atoms. The Balaban J connectivity index is 1.86. The van der Waals surface area contributed by atoms with E-state index in [1.165, 1.54) is 11.1 Å². The van der Waals surface area contributed by atoms with Gasteiger partial charge < -0.3 is 0 Å². The molecule has 3 heteroatoms. The maximum absolute atomic E-state index is 12.0. The second-order valence-electron chi connectivity index (χ2n) is 5.23. The van der Waals surface area contributed by atoms with Gasteiger partial charge in [-0.05, 0) is 30.2 Å². The zero-order valence-corrected chi connectivity index (χ0v) is 11.8. The molecule has 0 saturated carbocycles. The van der Waals surface area contributed by atoms with Gasteiger partial charge >= 0.3 is 0 Å². The fourth-order valence-electron chi connectivity index (χ4n) is 2.67. The number of hydrogen-bond acceptors (Lipinski definition) is 2. The van der Waals surface area contributed by atoms with Crippen molar-refractivity contribution in [1.82, 2.24) is 5.01 Å². The van der Waals surface area contributed by atoms with E-state index < -0.39 is 0 Å². The molecule has 1 saturated heterocycles. The first-order chi connectivity index (χ1) is 9.66. The van der Waals surface area contributed by atoms with E-state index in [-0.39, 0.29) is 11.9 Å². The van der Waals surface area contributed by atoms with E-state index in [2.05, 4.69) is 31.2 Å². The van der Waals surface area contributed by atoms with Crippen LogP contribution in [0.25, 0.3) is 0 Å². The summed E-state index contributed by atoms with van der Waals surface area (Å²) in [5.74, 6) is 0.169. The molecule has 1 heterocycles. The lowest BCUT2D eigenvalue weighted by atomic mass is 9.96. The van der Waals surface area contributed by atoms with Crippen LogP contribution in [0.4, 0.5) is 5.69 Å². The summed E-state index contributed by atoms with van der Waals surface area (Å²) in [5, 5.41) is 3.79. The van der Waals surface area contributed by atoms with Crippen molar-refractivity contribution < 1.29 is 4.79 Å². The fraction of sp³-hybridized carbons (Fsp3) is 0.235. The molecule has 3 nitrogen and oxygen atoms in total. The van der Waals surface area contributed by atoms with Crippen LogP contribution in [-0.4, -0.2) is 18.0 Å². The lowest BCUT2D eigenvalue weighted by Gasteiger charge is -2.46. The van der Waals surface area contributed by atoms with Crippen LogP contribution in [0.5, 0.6) is 0 Å². The number of carbonyl (C=O) groups excluding carboxylic acids is 1. The summed E-state index contributed by atoms with van der Waals surface area (Å²) in [4.78, 5) is 12.0. The smallest absolute Gasteiger partial charge is 0.244 e. The number of amides is 1. The molecule has 1 amide bonds. The summed E-state index contributed by atoms with van der Waals surface area (Å²) >= 11 is 0. The number of benzene rings is 2. The molecule has 1 unspecified atom stereocenters. The summed E-state index contributed by atoms with van der Waals surface area (Å²) in [6, 6.07) is 18.5. The van der Waals surface area contributed by atoms with Crippen LogP contribution >= 0.6 is 0 Å². The predicted molar refractivity (Wildman–Crippen MR) is 80.2 cm³/mol. The number of anilines is 1. The molecule has 2 aromatic rings. The number of hydrogen-bond donors (Lipinski definition) is 0. The SMILES string of the molecule is Cc1cccc(N(C)N2C(=O)CC2c2ccccc2)c1. The molecular formula is C17H18N2O. The van der Waals surface area contributed by atoms with Crippen LogP contribution in [0.2, 0.25) is 0 Å². The molecule has 0 radical (unpaired) electrons. The topological polar surface area (TPSA) is 23.6 Å². The molecule has 0 N–H and O–H groups in total. The summed E-state index contributed by atoms with van der Waals surface area (Å²) in [6.07, 6.45) is 0.584. The van der Waals surface area contributed by atoms with Gasteiger partial charge in [0.25, 0.3) is 0 Å². The second kappa shape index (κ2) is 5.00. The summed E-state index contributed by atoms with van der Waals surface area (Å²) in [7, 11) is 1.95. The number of hydrazine groups is 1. The van der Waals surface area contributed by atoms with E-state index >= 15 is 0 Å². The van der Waals surface area contributed by atoms with Crippen molar-refractivity contribution in [1.29, 1.82) is 0 Å². The van der Waals surface area contributed by atoms with Crippen LogP contribution in [0.3, 0.4) is 0 Å². The minimum absolute atomic E-state index is 0.147. The van der Waals surface area contributed by atoms with E-state index in [9.17, 15) is 4.79 Å². The quantitative estimate of drug-likeness (QED) is 0.796. The van der Waals surface area contributed by atoms with Gasteiger partial charge in [-0.25, -0.2) is 5.01 Å². The highest BCUT2D eigenvalue weighted by molar-refractivity contribution is 5.85. The van der Waals surface area contributed by atoms with Crippen molar-refractivity contribution in [3.8, 4) is 0 Å². The van der Waals surface area contributed by atoms with Gasteiger partial charge in [0.2, 0.25) is 5.91 Å². The third kappa shape index (κ3) is 2.16. The van der Waals surface area contributed by atoms with Gasteiger partial charge in [0.15, 0.2) is 0 Å². The maximum atomic E-state index is 12.0. The number of nitrogens with zero attached hydrogens (tertiary/aromatic N) is 2. The largest absolute Gasteiger partial charge is 0.285 e. The Morgan fingerprint density at radius 2 is 1.85 bits per heavy atom. The van der Waals surface area contributed by atoms with Crippen molar-refractivity contribution in [3.05, 3.63) is 65.7 Å². The van der Waals surface area contributed by atoms with E-state index in [0.29, 0.717) is 6.42 Å². The first kappa shape index (κ1) is 12.7. The number of carbonyl (C=O) groups is 1. The molecule has 0 aromatic heterocycles. The molecule has 2 aromatic carbocycles. The molecule has 1 fully saturated rings. The Bertz CT molecular complexity index is 624. The van der Waals surface area contributed by atoms with Crippen molar-refractivity contribution in [2.75, 3.05) is 12.1 Å². The monoisotopic (exact) mass is 266 g/mol. The minimum atomic E-state index is 0.147. The third-order valence-electron chi connectivity index (χ3n) is 3.80. The van der Waals surface area contributed by atoms with Crippen molar-refractivity contribution in [2.24, 2.45) is 0 Å². The average Bonchev–Trinajstić information content (AvgIpc) is 2.45. The lowest BCUT2D eigenvalue weighted by molar-refractivity contribution is -0.147. The summed E-state index contributed by atoms with van der Waals surface area (Å²) in [6.45, 7) is 2.06. The molecule has 3 rings (SSSR count). The fourth-order valence-corrected chi connectivity index (χ4v) is 2.67. The van der Waals surface area contributed by atoms with Crippen LogP contribution in [0.15, 0.2) is 54.6 Å². The number of aryl methyl sites for hydroxylation is 1. The molecule has 1 aliphatic rings. The predicted octanol–water partition coefficient (Wildman–Crippen LogP) is 3.32. The van der Waals surface area contributed by atoms with Crippen LogP contribution in [-0.2, 0) is 4.79 Å². The highest BCUT2D eigenvalue weighted by Crippen LogP contribution is 2.37. The van der Waals surface area contributed by atoms with Gasteiger partial charge in [-0.1, -0.05) is 42.5 Å². The second-order valence-corrected chi connectivity index (χ2v) is 5.23. The normalized spacial score (nSPS) is 17.8. The summed E-state index contributed by atoms with van der Waals surface area (Å²) < 4.78 is 0. The molecule has 102 valence electrons. The van der Waals surface area contributed by atoms with Crippen molar-refractivity contribution >= 4 is 11.6 Å². The molecule has 0 aliphatic carbocycles. The van der Waals surface area contributed by atoms with Gasteiger partial charge in [0.1, 0.15) is 0 Å². The highest BCUT2D eigenvalue weighted by Gasteiger charge is 2.40. The van der Waals surface area contributed by atoms with Crippen molar-refractivity contribution in [2.45, 2.75) is 19.4 Å². The number of rotatable bonds is 3. The Morgan fingerprint density at radius 3 is 2.50 bits per heavy atom. The van der Waals surface area contributed by atoms with E-state index in [0.717, 1.165) is 5.69 Å². The summed E-state index contributed by atoms with van der Waals surface area (Å²) in [5.41, 5.74) is 3.42. The lowest BCUT2D eigenvalue weighted by Crippen LogP contribution is -2.55. The van der Waals surface area contributed by atoms with Crippen LogP contribution < -0.4 is 5.01 Å². The molecule has 1 aliphatic heterocycles. The zero-order valence-electron chi connectivity index (χ0n) is 11.8. The van der Waals surface area contributed by atoms with Crippen molar-refractivity contribution in [3.63, 3.8) is 0 Å². The van der Waals surface area contributed by atoms with Gasteiger partial charge in [-0.3, -0.25) is 9.80 Å². The molecular weight excluding hydrogens is 248 g/mol. The molecule has 0 bridgehead atoms. The Morgan fingerprint density at radius 1 is 1.10 bits per heavy atom. The number of β-lactam (4-membered cyclic amide) rings is 1. The zero-order chi connectivity index (χ0) is 14.1. The standard InChI is InChI=1S/C17H18N2O/c1-13-7-6-10-15(11-13)18(2)19-16(12-17(19)20)14-8-4-3-5-9-14/h3-11,16H,12H2,1-2H3. The van der Waals surface area contributed by atoms with E-state index in [4.69, 9.17) is 0 Å². The van der Waals surface area contributed by atoms with Crippen LogP contribution in [0.1, 0.15) is 23.6 Å². The Hall–Kier alpha value is -2.29. The minimum Gasteiger partial charge on any atom is -0.285 e. The van der Waals surface area contributed by atoms with Gasteiger partial charge in [-0.2, -0.15) is 0 Å². The Kier molecular flexibility index (Phi) is 3.18. The first-order valence-corrected chi connectivity index (χ1v) is 6.84. The van der Waals surface area contributed by atoms with E-state index in [1.807, 2.05) is 47.4 Å². The average molecular weight is 266 g/mol. The van der Waals surface area contributed by atoms with Gasteiger partial charge in [-0.15, -0.1) is 0 Å². The highest BCUT2D eigenvalue weighted by atomic mass is 16.2. The third-order valence-corrected chi connectivity index (χ3v) is 3.80. The Labute approximate surface area is 119 Å². The maximum Gasteiger partial charge on any atom is 0.244 e. The van der Waals surface area contributed by atoms with Gasteiger partial charge in [0, 0.05) is 7.05 Å². The van der Waals surface area contributed by atoms with E-state index in [1.54, 1.807) is 0 Å². The first-order valence-electron chi connectivity index (χ1n) is 6.84. The van der Waals surface area contributed by atoms with Gasteiger partial charge in [0.05, 0.1) is 18.2 Å². The molecule has 20 heavy (non-hydrogen) atoms. The molecule has 1 atom stereocenters.